The van der Waals surface area contributed by atoms with Gasteiger partial charge in [-0.3, -0.25) is 14.6 Å². The number of aliphatic carboxylic acids is 2. The number of aryl methyl sites for hydroxylation is 1. The highest BCUT2D eigenvalue weighted by Crippen LogP contribution is 2.25. The van der Waals surface area contributed by atoms with Gasteiger partial charge in [0.15, 0.2) is 0 Å². The van der Waals surface area contributed by atoms with E-state index in [4.69, 9.17) is 19.8 Å². The second kappa shape index (κ2) is 13.5. The van der Waals surface area contributed by atoms with Crippen molar-refractivity contribution in [2.45, 2.75) is 32.0 Å². The van der Waals surface area contributed by atoms with Gasteiger partial charge >= 0.3 is 24.3 Å². The molecule has 0 bridgehead atoms. The lowest BCUT2D eigenvalue weighted by Gasteiger charge is -2.23. The van der Waals surface area contributed by atoms with Crippen LogP contribution in [0, 0.1) is 0 Å². The SMILES string of the molecule is Cn1cc(CN2CCN(Cc3ccncc3)c3ncccc3C2)cn1.O=C(O)C(F)(F)F.O=C(O)C(F)(F)F. The maximum Gasteiger partial charge on any atom is 0.490 e. The van der Waals surface area contributed by atoms with Gasteiger partial charge in [0.25, 0.3) is 0 Å². The highest BCUT2D eigenvalue weighted by molar-refractivity contribution is 5.73. The lowest BCUT2D eigenvalue weighted by molar-refractivity contribution is -0.193. The highest BCUT2D eigenvalue weighted by Gasteiger charge is 2.38. The van der Waals surface area contributed by atoms with Crippen molar-refractivity contribution in [3.05, 3.63) is 71.9 Å². The quantitative estimate of drug-likeness (QED) is 0.460. The van der Waals surface area contributed by atoms with Crippen molar-refractivity contribution >= 4 is 17.8 Å². The predicted octanol–water partition coefficient (Wildman–Crippen LogP) is 3.50. The van der Waals surface area contributed by atoms with E-state index >= 15 is 0 Å². The largest absolute Gasteiger partial charge is 0.490 e. The maximum absolute atomic E-state index is 10.6. The van der Waals surface area contributed by atoms with E-state index in [1.807, 2.05) is 42.6 Å². The molecule has 0 aromatic carbocycles. The van der Waals surface area contributed by atoms with E-state index in [-0.39, 0.29) is 0 Å². The molecule has 2 N–H and O–H groups in total. The third-order valence-corrected chi connectivity index (χ3v) is 5.02. The Morgan fingerprint density at radius 3 is 2.00 bits per heavy atom. The van der Waals surface area contributed by atoms with Crippen LogP contribution in [0.4, 0.5) is 32.2 Å². The molecule has 0 amide bonds. The van der Waals surface area contributed by atoms with Gasteiger partial charge in [-0.2, -0.15) is 31.4 Å². The standard InChI is InChI=1S/C19H22N6.2C2HF3O2/c1-23-12-17(11-22-23)13-24-9-10-25(14-16-4-7-20-8-5-16)19-18(15-24)3-2-6-21-19;2*3-2(4,5)1(6)7/h2-8,11-12H,9-10,13-15H2,1H3;2*(H,6,7). The average Bonchev–Trinajstić information content (AvgIpc) is 3.18. The van der Waals surface area contributed by atoms with Crippen molar-refractivity contribution in [3.8, 4) is 0 Å². The summed E-state index contributed by atoms with van der Waals surface area (Å²) in [7, 11) is 1.96. The predicted molar refractivity (Wildman–Crippen MR) is 124 cm³/mol. The van der Waals surface area contributed by atoms with Crippen LogP contribution in [0.5, 0.6) is 0 Å². The van der Waals surface area contributed by atoms with Crippen molar-refractivity contribution in [2.24, 2.45) is 7.05 Å². The van der Waals surface area contributed by atoms with Crippen LogP contribution in [0.3, 0.4) is 0 Å². The zero-order valence-corrected chi connectivity index (χ0v) is 20.4. The zero-order chi connectivity index (χ0) is 29.2. The molecule has 3 aromatic heterocycles. The Kier molecular flexibility index (Phi) is 10.8. The minimum atomic E-state index is -5.08. The monoisotopic (exact) mass is 562 g/mol. The molecular weight excluding hydrogens is 538 g/mol. The Morgan fingerprint density at radius 1 is 0.897 bits per heavy atom. The van der Waals surface area contributed by atoms with E-state index in [0.29, 0.717) is 0 Å². The third-order valence-electron chi connectivity index (χ3n) is 5.02. The van der Waals surface area contributed by atoms with E-state index in [0.717, 1.165) is 38.5 Å². The minimum absolute atomic E-state index is 0.854. The fourth-order valence-corrected chi connectivity index (χ4v) is 3.34. The first-order valence-electron chi connectivity index (χ1n) is 11.0. The van der Waals surface area contributed by atoms with Gasteiger partial charge in [0.1, 0.15) is 5.82 Å². The Labute approximate surface area is 218 Å². The summed E-state index contributed by atoms with van der Waals surface area (Å²) in [6.45, 7) is 4.62. The summed E-state index contributed by atoms with van der Waals surface area (Å²) in [6, 6.07) is 8.35. The molecule has 4 heterocycles. The number of carboxylic acids is 2. The normalized spacial score (nSPS) is 13.7. The molecular formula is C23H24F6N6O4. The lowest BCUT2D eigenvalue weighted by Crippen LogP contribution is -2.31. The van der Waals surface area contributed by atoms with Gasteiger partial charge in [0, 0.05) is 75.7 Å². The van der Waals surface area contributed by atoms with Crippen LogP contribution in [0.15, 0.2) is 55.2 Å². The van der Waals surface area contributed by atoms with Gasteiger partial charge in [0.2, 0.25) is 0 Å². The molecule has 1 aliphatic heterocycles. The molecule has 3 aromatic rings. The van der Waals surface area contributed by atoms with Crippen LogP contribution in [0.1, 0.15) is 16.7 Å². The van der Waals surface area contributed by atoms with Crippen LogP contribution < -0.4 is 4.90 Å². The summed E-state index contributed by atoms with van der Waals surface area (Å²) >= 11 is 0. The molecule has 0 spiro atoms. The Hall–Kier alpha value is -4.21. The molecule has 0 saturated heterocycles. The first kappa shape index (κ1) is 31.0. The Morgan fingerprint density at radius 2 is 1.49 bits per heavy atom. The summed E-state index contributed by atoms with van der Waals surface area (Å²) in [6.07, 6.45) is -0.550. The van der Waals surface area contributed by atoms with Crippen molar-refractivity contribution in [2.75, 3.05) is 18.0 Å². The minimum Gasteiger partial charge on any atom is -0.475 e. The number of pyridine rings is 2. The summed E-state index contributed by atoms with van der Waals surface area (Å²) in [5, 5.41) is 18.5. The number of alkyl halides is 6. The molecule has 0 saturated carbocycles. The van der Waals surface area contributed by atoms with E-state index in [1.54, 1.807) is 0 Å². The van der Waals surface area contributed by atoms with Crippen molar-refractivity contribution in [3.63, 3.8) is 0 Å². The second-order valence-electron chi connectivity index (χ2n) is 8.10. The Bertz CT molecular complexity index is 1200. The number of rotatable bonds is 4. The number of hydrogen-bond donors (Lipinski definition) is 2. The molecule has 1 aliphatic rings. The zero-order valence-electron chi connectivity index (χ0n) is 20.4. The average molecular weight is 562 g/mol. The Balaban J connectivity index is 0.000000317. The van der Waals surface area contributed by atoms with E-state index in [1.165, 1.54) is 16.7 Å². The molecule has 10 nitrogen and oxygen atoms in total. The molecule has 0 aliphatic carbocycles. The molecule has 212 valence electrons. The van der Waals surface area contributed by atoms with Crippen LogP contribution in [0.2, 0.25) is 0 Å². The van der Waals surface area contributed by atoms with Gasteiger partial charge < -0.3 is 15.1 Å². The van der Waals surface area contributed by atoms with Crippen LogP contribution >= 0.6 is 0 Å². The summed E-state index contributed by atoms with van der Waals surface area (Å²) in [5.41, 5.74) is 3.78. The molecule has 0 atom stereocenters. The fourth-order valence-electron chi connectivity index (χ4n) is 3.34. The molecule has 39 heavy (non-hydrogen) atoms. The number of nitrogens with zero attached hydrogens (tertiary/aromatic N) is 6. The van der Waals surface area contributed by atoms with Gasteiger partial charge in [-0.1, -0.05) is 6.07 Å². The topological polar surface area (TPSA) is 125 Å². The number of carboxylic acid groups (broad SMARTS) is 2. The second-order valence-corrected chi connectivity index (χ2v) is 8.10. The van der Waals surface area contributed by atoms with E-state index < -0.39 is 24.3 Å². The van der Waals surface area contributed by atoms with Gasteiger partial charge in [-0.15, -0.1) is 0 Å². The van der Waals surface area contributed by atoms with E-state index in [9.17, 15) is 26.3 Å². The number of anilines is 1. The summed E-state index contributed by atoms with van der Waals surface area (Å²) in [4.78, 5) is 31.4. The summed E-state index contributed by atoms with van der Waals surface area (Å²) < 4.78 is 65.3. The molecule has 0 fully saturated rings. The van der Waals surface area contributed by atoms with Crippen molar-refractivity contribution in [1.29, 1.82) is 0 Å². The number of hydrogen-bond acceptors (Lipinski definition) is 7. The van der Waals surface area contributed by atoms with E-state index in [2.05, 4.69) is 49.3 Å². The molecule has 0 radical (unpaired) electrons. The number of fused-ring (bicyclic) bond motifs is 1. The van der Waals surface area contributed by atoms with Crippen LogP contribution in [-0.4, -0.2) is 72.2 Å². The third kappa shape index (κ3) is 10.6. The lowest BCUT2D eigenvalue weighted by atomic mass is 10.2. The van der Waals surface area contributed by atoms with Gasteiger partial charge in [-0.25, -0.2) is 14.6 Å². The fraction of sp³-hybridized carbons (Fsp3) is 0.348. The van der Waals surface area contributed by atoms with Crippen LogP contribution in [-0.2, 0) is 36.3 Å². The highest BCUT2D eigenvalue weighted by atomic mass is 19.4. The van der Waals surface area contributed by atoms with Gasteiger partial charge in [0.05, 0.1) is 6.20 Å². The maximum atomic E-state index is 10.6. The van der Waals surface area contributed by atoms with Gasteiger partial charge in [-0.05, 0) is 23.8 Å². The molecule has 4 rings (SSSR count). The number of aromatic nitrogens is 4. The smallest absolute Gasteiger partial charge is 0.475 e. The first-order valence-corrected chi connectivity index (χ1v) is 11.0. The molecule has 16 heteroatoms. The molecule has 0 unspecified atom stereocenters. The number of halogens is 6. The first-order chi connectivity index (χ1) is 18.2. The van der Waals surface area contributed by atoms with Crippen LogP contribution in [0.25, 0.3) is 0 Å². The van der Waals surface area contributed by atoms with Crippen molar-refractivity contribution < 1.29 is 46.1 Å². The summed E-state index contributed by atoms with van der Waals surface area (Å²) in [5.74, 6) is -4.42. The number of carbonyl (C=O) groups is 2. The van der Waals surface area contributed by atoms with Crippen molar-refractivity contribution in [1.82, 2.24) is 24.6 Å².